The van der Waals surface area contributed by atoms with Crippen LogP contribution in [0.15, 0.2) is 12.7 Å². The summed E-state index contributed by atoms with van der Waals surface area (Å²) in [6, 6.07) is 0. The number of hydrogen-bond donors (Lipinski definition) is 1. The van der Waals surface area contributed by atoms with Gasteiger partial charge in [0.1, 0.15) is 0 Å². The Morgan fingerprint density at radius 1 is 1.60 bits per heavy atom. The van der Waals surface area contributed by atoms with E-state index in [4.69, 9.17) is 0 Å². The lowest BCUT2D eigenvalue weighted by Crippen LogP contribution is -2.46. The molecule has 0 aromatic heterocycles. The summed E-state index contributed by atoms with van der Waals surface area (Å²) >= 11 is 0. The minimum absolute atomic E-state index is 0.0320. The highest BCUT2D eigenvalue weighted by atomic mass is 16.5. The van der Waals surface area contributed by atoms with Crippen LogP contribution in [0.5, 0.6) is 0 Å². The van der Waals surface area contributed by atoms with Crippen molar-refractivity contribution in [1.29, 1.82) is 0 Å². The maximum Gasteiger partial charge on any atom is 0.311 e. The molecule has 0 saturated carbocycles. The predicted octanol–water partition coefficient (Wildman–Crippen LogP) is 2.15. The zero-order chi connectivity index (χ0) is 12.1. The first-order chi connectivity index (χ1) is 6.93. The molecule has 3 nitrogen and oxygen atoms in total. The van der Waals surface area contributed by atoms with E-state index < -0.39 is 11.5 Å². The lowest BCUT2D eigenvalue weighted by atomic mass is 9.75. The molecule has 0 radical (unpaired) electrons. The zero-order valence-corrected chi connectivity index (χ0v) is 10.1. The van der Waals surface area contributed by atoms with Gasteiger partial charge in [0, 0.05) is 0 Å². The summed E-state index contributed by atoms with van der Waals surface area (Å²) in [4.78, 5) is 11.4. The van der Waals surface area contributed by atoms with Crippen LogP contribution in [0.4, 0.5) is 0 Å². The summed E-state index contributed by atoms with van der Waals surface area (Å²) in [6.45, 7) is 9.24. The van der Waals surface area contributed by atoms with Gasteiger partial charge in [-0.2, -0.15) is 0 Å². The molecule has 3 heteroatoms. The van der Waals surface area contributed by atoms with Crippen molar-refractivity contribution >= 4 is 5.97 Å². The zero-order valence-electron chi connectivity index (χ0n) is 10.1. The SMILES string of the molecule is C=CC[C@](O)([C@@H](C)CC)[C@@H](C)C(=O)OC. The molecular weight excluding hydrogens is 192 g/mol. The summed E-state index contributed by atoms with van der Waals surface area (Å²) in [7, 11) is 1.34. The number of esters is 1. The third kappa shape index (κ3) is 3.06. The van der Waals surface area contributed by atoms with E-state index in [0.717, 1.165) is 6.42 Å². The Balaban J connectivity index is 4.91. The van der Waals surface area contributed by atoms with Gasteiger partial charge in [0.2, 0.25) is 0 Å². The predicted molar refractivity (Wildman–Crippen MR) is 60.4 cm³/mol. The van der Waals surface area contributed by atoms with Gasteiger partial charge in [-0.15, -0.1) is 6.58 Å². The molecule has 0 saturated heterocycles. The molecule has 0 aliphatic carbocycles. The first kappa shape index (κ1) is 14.2. The molecule has 0 fully saturated rings. The number of rotatable bonds is 6. The maximum atomic E-state index is 11.4. The average Bonchev–Trinajstić information content (AvgIpc) is 2.25. The quantitative estimate of drug-likeness (QED) is 0.544. The van der Waals surface area contributed by atoms with E-state index in [1.54, 1.807) is 13.0 Å². The van der Waals surface area contributed by atoms with Crippen molar-refractivity contribution in [2.24, 2.45) is 11.8 Å². The third-order valence-electron chi connectivity index (χ3n) is 3.24. The number of ether oxygens (including phenoxy) is 1. The molecule has 0 aliphatic rings. The fourth-order valence-corrected chi connectivity index (χ4v) is 1.77. The topological polar surface area (TPSA) is 46.5 Å². The Bertz CT molecular complexity index is 225. The number of hydrogen-bond acceptors (Lipinski definition) is 3. The second-order valence-corrected chi connectivity index (χ2v) is 4.04. The van der Waals surface area contributed by atoms with Gasteiger partial charge in [0.05, 0.1) is 18.6 Å². The first-order valence-corrected chi connectivity index (χ1v) is 5.35. The molecule has 1 N–H and O–H groups in total. The highest BCUT2D eigenvalue weighted by Gasteiger charge is 2.41. The molecule has 0 aromatic rings. The highest BCUT2D eigenvalue weighted by molar-refractivity contribution is 5.73. The summed E-state index contributed by atoms with van der Waals surface area (Å²) < 4.78 is 4.67. The third-order valence-corrected chi connectivity index (χ3v) is 3.24. The summed E-state index contributed by atoms with van der Waals surface area (Å²) in [5.41, 5.74) is -1.05. The van der Waals surface area contributed by atoms with Gasteiger partial charge >= 0.3 is 5.97 Å². The van der Waals surface area contributed by atoms with Crippen molar-refractivity contribution in [2.75, 3.05) is 7.11 Å². The van der Waals surface area contributed by atoms with Gasteiger partial charge in [-0.25, -0.2) is 0 Å². The highest BCUT2D eigenvalue weighted by Crippen LogP contribution is 2.33. The Hall–Kier alpha value is -0.830. The van der Waals surface area contributed by atoms with Gasteiger partial charge in [-0.3, -0.25) is 4.79 Å². The van der Waals surface area contributed by atoms with Crippen molar-refractivity contribution in [3.8, 4) is 0 Å². The standard InChI is InChI=1S/C12H22O3/c1-6-8-12(14,9(3)7-2)10(4)11(13)15-5/h6,9-10,14H,1,7-8H2,2-5H3/t9-,10-,12-/m0/s1. The summed E-state index contributed by atoms with van der Waals surface area (Å²) in [5, 5.41) is 10.5. The van der Waals surface area contributed by atoms with Crippen LogP contribution in [-0.4, -0.2) is 23.8 Å². The van der Waals surface area contributed by atoms with Crippen molar-refractivity contribution < 1.29 is 14.6 Å². The minimum Gasteiger partial charge on any atom is -0.469 e. The van der Waals surface area contributed by atoms with Gasteiger partial charge in [-0.05, 0) is 19.3 Å². The van der Waals surface area contributed by atoms with Gasteiger partial charge < -0.3 is 9.84 Å². The van der Waals surface area contributed by atoms with Gasteiger partial charge in [0.25, 0.3) is 0 Å². The van der Waals surface area contributed by atoms with Crippen LogP contribution in [0.1, 0.15) is 33.6 Å². The van der Waals surface area contributed by atoms with Crippen LogP contribution < -0.4 is 0 Å². The number of methoxy groups -OCH3 is 1. The van der Waals surface area contributed by atoms with Crippen molar-refractivity contribution in [2.45, 2.75) is 39.2 Å². The molecule has 0 aliphatic heterocycles. The molecule has 0 heterocycles. The van der Waals surface area contributed by atoms with Crippen LogP contribution in [0.2, 0.25) is 0 Å². The molecular formula is C12H22O3. The van der Waals surface area contributed by atoms with Crippen LogP contribution in [0.25, 0.3) is 0 Å². The fraction of sp³-hybridized carbons (Fsp3) is 0.750. The van der Waals surface area contributed by atoms with Crippen LogP contribution in [0.3, 0.4) is 0 Å². The fourth-order valence-electron chi connectivity index (χ4n) is 1.77. The molecule has 3 atom stereocenters. The van der Waals surface area contributed by atoms with Crippen LogP contribution >= 0.6 is 0 Å². The van der Waals surface area contributed by atoms with E-state index in [1.807, 2.05) is 13.8 Å². The van der Waals surface area contributed by atoms with E-state index in [-0.39, 0.29) is 11.9 Å². The number of aliphatic hydroxyl groups is 1. The lowest BCUT2D eigenvalue weighted by Gasteiger charge is -2.36. The van der Waals surface area contributed by atoms with Crippen molar-refractivity contribution in [1.82, 2.24) is 0 Å². The van der Waals surface area contributed by atoms with E-state index in [1.165, 1.54) is 7.11 Å². The Morgan fingerprint density at radius 3 is 2.47 bits per heavy atom. The monoisotopic (exact) mass is 214 g/mol. The lowest BCUT2D eigenvalue weighted by molar-refractivity contribution is -0.158. The largest absolute Gasteiger partial charge is 0.469 e. The number of carbonyl (C=O) groups excluding carboxylic acids is 1. The van der Waals surface area contributed by atoms with E-state index >= 15 is 0 Å². The minimum atomic E-state index is -1.05. The van der Waals surface area contributed by atoms with Crippen LogP contribution in [0, 0.1) is 11.8 Å². The van der Waals surface area contributed by atoms with E-state index in [9.17, 15) is 9.90 Å². The average molecular weight is 214 g/mol. The summed E-state index contributed by atoms with van der Waals surface area (Å²) in [6.07, 6.45) is 2.86. The first-order valence-electron chi connectivity index (χ1n) is 5.35. The Kier molecular flexibility index (Phi) is 5.58. The normalized spacial score (nSPS) is 18.7. The van der Waals surface area contributed by atoms with E-state index in [2.05, 4.69) is 11.3 Å². The smallest absolute Gasteiger partial charge is 0.311 e. The molecule has 0 aromatic carbocycles. The second kappa shape index (κ2) is 5.91. The molecule has 15 heavy (non-hydrogen) atoms. The molecule has 0 spiro atoms. The Morgan fingerprint density at radius 2 is 2.13 bits per heavy atom. The molecule has 0 amide bonds. The van der Waals surface area contributed by atoms with Crippen molar-refractivity contribution in [3.05, 3.63) is 12.7 Å². The van der Waals surface area contributed by atoms with Crippen molar-refractivity contribution in [3.63, 3.8) is 0 Å². The molecule has 0 bridgehead atoms. The van der Waals surface area contributed by atoms with E-state index in [0.29, 0.717) is 6.42 Å². The second-order valence-electron chi connectivity index (χ2n) is 4.04. The maximum absolute atomic E-state index is 11.4. The number of carbonyl (C=O) groups is 1. The van der Waals surface area contributed by atoms with Gasteiger partial charge in [-0.1, -0.05) is 26.3 Å². The van der Waals surface area contributed by atoms with Crippen LogP contribution in [-0.2, 0) is 9.53 Å². The molecule has 0 rings (SSSR count). The molecule has 0 unspecified atom stereocenters. The Labute approximate surface area is 92.1 Å². The molecule has 88 valence electrons. The summed E-state index contributed by atoms with van der Waals surface area (Å²) in [5.74, 6) is -0.875. The van der Waals surface area contributed by atoms with Gasteiger partial charge in [0.15, 0.2) is 0 Å².